The van der Waals surface area contributed by atoms with E-state index in [0.717, 1.165) is 31.4 Å². The second-order valence-corrected chi connectivity index (χ2v) is 5.12. The minimum absolute atomic E-state index is 0.152. The van der Waals surface area contributed by atoms with Crippen LogP contribution in [0, 0.1) is 0 Å². The monoisotopic (exact) mass is 257 g/mol. The zero-order chi connectivity index (χ0) is 13.1. The maximum absolute atomic E-state index is 11.9. The second-order valence-electron chi connectivity index (χ2n) is 5.12. The van der Waals surface area contributed by atoms with Crippen LogP contribution in [0.2, 0.25) is 0 Å². The average molecular weight is 257 g/mol. The zero-order valence-electron chi connectivity index (χ0n) is 10.9. The van der Waals surface area contributed by atoms with Gasteiger partial charge in [0.25, 0.3) is 0 Å². The number of hydrogen-bond acceptors (Lipinski definition) is 2. The van der Waals surface area contributed by atoms with Gasteiger partial charge >= 0.3 is 0 Å². The molecule has 1 aliphatic heterocycles. The Hall–Kier alpha value is -1.81. The van der Waals surface area contributed by atoms with Crippen molar-refractivity contribution in [2.24, 2.45) is 0 Å². The number of carbonyl (C=O) groups is 1. The van der Waals surface area contributed by atoms with Gasteiger partial charge in [-0.3, -0.25) is 4.79 Å². The number of H-pyrrole nitrogens is 1. The second kappa shape index (κ2) is 5.45. The topological polar surface area (TPSA) is 56.9 Å². The Morgan fingerprint density at radius 2 is 2.26 bits per heavy atom. The fourth-order valence-electron chi connectivity index (χ4n) is 2.66. The quantitative estimate of drug-likeness (QED) is 0.779. The number of aryl methyl sites for hydroxylation is 1. The highest BCUT2D eigenvalue weighted by Crippen LogP contribution is 2.18. The molecule has 0 bridgehead atoms. The SMILES string of the molecule is O=C(CCc1c[nH]c2ccccc12)N[C@@H]1CCNC1. The summed E-state index contributed by atoms with van der Waals surface area (Å²) in [5.74, 6) is 0.152. The van der Waals surface area contributed by atoms with Crippen LogP contribution in [0.1, 0.15) is 18.4 Å². The molecule has 1 fully saturated rings. The maximum Gasteiger partial charge on any atom is 0.220 e. The third kappa shape index (κ3) is 2.79. The Morgan fingerprint density at radius 1 is 1.37 bits per heavy atom. The van der Waals surface area contributed by atoms with Gasteiger partial charge in [-0.2, -0.15) is 0 Å². The van der Waals surface area contributed by atoms with Gasteiger partial charge in [-0.15, -0.1) is 0 Å². The molecule has 1 aromatic heterocycles. The van der Waals surface area contributed by atoms with Gasteiger partial charge in [-0.05, 0) is 31.0 Å². The van der Waals surface area contributed by atoms with Crippen molar-refractivity contribution in [3.8, 4) is 0 Å². The van der Waals surface area contributed by atoms with Crippen molar-refractivity contribution in [2.75, 3.05) is 13.1 Å². The number of amides is 1. The van der Waals surface area contributed by atoms with Gasteiger partial charge < -0.3 is 15.6 Å². The first-order valence-corrected chi connectivity index (χ1v) is 6.88. The van der Waals surface area contributed by atoms with E-state index in [2.05, 4.69) is 27.8 Å². The lowest BCUT2D eigenvalue weighted by molar-refractivity contribution is -0.121. The van der Waals surface area contributed by atoms with E-state index in [9.17, 15) is 4.79 Å². The lowest BCUT2D eigenvalue weighted by Gasteiger charge is -2.10. The molecule has 1 atom stereocenters. The highest BCUT2D eigenvalue weighted by molar-refractivity contribution is 5.84. The largest absolute Gasteiger partial charge is 0.361 e. The summed E-state index contributed by atoms with van der Waals surface area (Å²) in [5.41, 5.74) is 2.35. The smallest absolute Gasteiger partial charge is 0.220 e. The predicted octanol–water partition coefficient (Wildman–Crippen LogP) is 1.58. The van der Waals surface area contributed by atoms with E-state index in [1.165, 1.54) is 10.9 Å². The first-order valence-electron chi connectivity index (χ1n) is 6.88. The molecular weight excluding hydrogens is 238 g/mol. The van der Waals surface area contributed by atoms with Gasteiger partial charge in [-0.1, -0.05) is 18.2 Å². The van der Waals surface area contributed by atoms with Crippen molar-refractivity contribution < 1.29 is 4.79 Å². The van der Waals surface area contributed by atoms with Crippen molar-refractivity contribution in [1.82, 2.24) is 15.6 Å². The predicted molar refractivity (Wildman–Crippen MR) is 76.0 cm³/mol. The van der Waals surface area contributed by atoms with E-state index < -0.39 is 0 Å². The Kier molecular flexibility index (Phi) is 3.51. The van der Waals surface area contributed by atoms with Gasteiger partial charge in [-0.25, -0.2) is 0 Å². The van der Waals surface area contributed by atoms with Crippen LogP contribution in [0.3, 0.4) is 0 Å². The number of carbonyl (C=O) groups excluding carboxylic acids is 1. The fraction of sp³-hybridized carbons (Fsp3) is 0.400. The Balaban J connectivity index is 1.58. The van der Waals surface area contributed by atoms with Crippen molar-refractivity contribution in [3.05, 3.63) is 36.0 Å². The normalized spacial score (nSPS) is 18.8. The van der Waals surface area contributed by atoms with E-state index in [4.69, 9.17) is 0 Å². The number of nitrogens with one attached hydrogen (secondary N) is 3. The molecule has 2 heterocycles. The minimum Gasteiger partial charge on any atom is -0.361 e. The fourth-order valence-corrected chi connectivity index (χ4v) is 2.66. The summed E-state index contributed by atoms with van der Waals surface area (Å²) in [7, 11) is 0. The maximum atomic E-state index is 11.9. The summed E-state index contributed by atoms with van der Waals surface area (Å²) in [6.45, 7) is 1.91. The molecular formula is C15H19N3O. The Bertz CT molecular complexity index is 570. The number of aromatic amines is 1. The van der Waals surface area contributed by atoms with Crippen LogP contribution in [-0.2, 0) is 11.2 Å². The Morgan fingerprint density at radius 3 is 3.11 bits per heavy atom. The molecule has 0 spiro atoms. The van der Waals surface area contributed by atoms with Crippen LogP contribution in [0.4, 0.5) is 0 Å². The average Bonchev–Trinajstić information content (AvgIpc) is 3.05. The molecule has 3 rings (SSSR count). The van der Waals surface area contributed by atoms with E-state index >= 15 is 0 Å². The third-order valence-electron chi connectivity index (χ3n) is 3.72. The minimum atomic E-state index is 0.152. The number of rotatable bonds is 4. The molecule has 0 saturated carbocycles. The molecule has 0 aliphatic carbocycles. The molecule has 4 heteroatoms. The summed E-state index contributed by atoms with van der Waals surface area (Å²) in [5, 5.41) is 7.55. The molecule has 1 saturated heterocycles. The number of aromatic nitrogens is 1. The van der Waals surface area contributed by atoms with Crippen LogP contribution in [0.5, 0.6) is 0 Å². The molecule has 19 heavy (non-hydrogen) atoms. The van der Waals surface area contributed by atoms with Gasteiger partial charge in [0, 0.05) is 36.1 Å². The van der Waals surface area contributed by atoms with Gasteiger partial charge in [0.2, 0.25) is 5.91 Å². The summed E-state index contributed by atoms with van der Waals surface area (Å²) < 4.78 is 0. The standard InChI is InChI=1S/C15H19N3O/c19-15(18-12-7-8-16-10-12)6-5-11-9-17-14-4-2-1-3-13(11)14/h1-4,9,12,16-17H,5-8,10H2,(H,18,19)/t12-/m1/s1. The van der Waals surface area contributed by atoms with Crippen molar-refractivity contribution >= 4 is 16.8 Å². The summed E-state index contributed by atoms with van der Waals surface area (Å²) in [6, 6.07) is 8.52. The van der Waals surface area contributed by atoms with Gasteiger partial charge in [0.05, 0.1) is 0 Å². The van der Waals surface area contributed by atoms with Crippen LogP contribution >= 0.6 is 0 Å². The van der Waals surface area contributed by atoms with E-state index in [1.807, 2.05) is 18.3 Å². The van der Waals surface area contributed by atoms with Crippen LogP contribution in [0.25, 0.3) is 10.9 Å². The third-order valence-corrected chi connectivity index (χ3v) is 3.72. The number of fused-ring (bicyclic) bond motifs is 1. The highest BCUT2D eigenvalue weighted by atomic mass is 16.1. The molecule has 4 nitrogen and oxygen atoms in total. The molecule has 1 amide bonds. The van der Waals surface area contributed by atoms with Crippen LogP contribution in [0.15, 0.2) is 30.5 Å². The summed E-state index contributed by atoms with van der Waals surface area (Å²) in [6.07, 6.45) is 4.39. The molecule has 0 radical (unpaired) electrons. The van der Waals surface area contributed by atoms with E-state index in [1.54, 1.807) is 0 Å². The lowest BCUT2D eigenvalue weighted by Crippen LogP contribution is -2.36. The van der Waals surface area contributed by atoms with Gasteiger partial charge in [0.15, 0.2) is 0 Å². The van der Waals surface area contributed by atoms with Gasteiger partial charge in [0.1, 0.15) is 0 Å². The molecule has 1 aliphatic rings. The van der Waals surface area contributed by atoms with Crippen molar-refractivity contribution in [2.45, 2.75) is 25.3 Å². The first-order chi connectivity index (χ1) is 9.33. The lowest BCUT2D eigenvalue weighted by atomic mass is 10.1. The molecule has 0 unspecified atom stereocenters. The van der Waals surface area contributed by atoms with Crippen molar-refractivity contribution in [1.29, 1.82) is 0 Å². The molecule has 3 N–H and O–H groups in total. The molecule has 1 aromatic carbocycles. The number of para-hydroxylation sites is 1. The summed E-state index contributed by atoms with van der Waals surface area (Å²) >= 11 is 0. The van der Waals surface area contributed by atoms with E-state index in [-0.39, 0.29) is 5.91 Å². The molecule has 100 valence electrons. The first kappa shape index (κ1) is 12.2. The highest BCUT2D eigenvalue weighted by Gasteiger charge is 2.16. The molecule has 2 aromatic rings. The van der Waals surface area contributed by atoms with E-state index in [0.29, 0.717) is 12.5 Å². The zero-order valence-corrected chi connectivity index (χ0v) is 10.9. The Labute approximate surface area is 112 Å². The van der Waals surface area contributed by atoms with Crippen LogP contribution < -0.4 is 10.6 Å². The number of benzene rings is 1. The van der Waals surface area contributed by atoms with Crippen LogP contribution in [-0.4, -0.2) is 30.0 Å². The number of hydrogen-bond donors (Lipinski definition) is 3. The summed E-state index contributed by atoms with van der Waals surface area (Å²) in [4.78, 5) is 15.1. The van der Waals surface area contributed by atoms with Crippen molar-refractivity contribution in [3.63, 3.8) is 0 Å².